The van der Waals surface area contributed by atoms with Gasteiger partial charge in [-0.05, 0) is 31.2 Å². The van der Waals surface area contributed by atoms with Gasteiger partial charge in [0.25, 0.3) is 0 Å². The number of carbonyl (C=O) groups excluding carboxylic acids is 3. The second-order valence-corrected chi connectivity index (χ2v) is 6.48. The first-order valence-electron chi connectivity index (χ1n) is 8.65. The molecule has 0 spiro atoms. The molecule has 1 aliphatic heterocycles. The molecule has 7 heteroatoms. The molecule has 0 aliphatic carbocycles. The number of rotatable bonds is 6. The zero-order valence-corrected chi connectivity index (χ0v) is 15.3. The van der Waals surface area contributed by atoms with Gasteiger partial charge < -0.3 is 4.74 Å². The molecule has 1 fully saturated rings. The molecule has 1 aromatic heterocycles. The van der Waals surface area contributed by atoms with Crippen molar-refractivity contribution in [2.45, 2.75) is 25.4 Å². The fourth-order valence-electron chi connectivity index (χ4n) is 3.19. The van der Waals surface area contributed by atoms with Gasteiger partial charge in [0.15, 0.2) is 0 Å². The van der Waals surface area contributed by atoms with Crippen molar-refractivity contribution in [3.05, 3.63) is 47.5 Å². The van der Waals surface area contributed by atoms with E-state index in [4.69, 9.17) is 4.74 Å². The number of nitrogens with one attached hydrogen (secondary N) is 1. The summed E-state index contributed by atoms with van der Waals surface area (Å²) in [5.41, 5.74) is 2.93. The first-order valence-corrected chi connectivity index (χ1v) is 8.65. The summed E-state index contributed by atoms with van der Waals surface area (Å²) in [5.74, 6) is -0.0366. The molecular weight excluding hydrogens is 346 g/mol. The molecule has 1 saturated heterocycles. The quantitative estimate of drug-likeness (QED) is 0.619. The first-order chi connectivity index (χ1) is 13.0. The normalized spacial score (nSPS) is 16.9. The molecule has 1 unspecified atom stereocenters. The molecule has 1 N–H and O–H groups in total. The van der Waals surface area contributed by atoms with Gasteiger partial charge in [0.2, 0.25) is 17.7 Å². The van der Waals surface area contributed by atoms with Gasteiger partial charge in [-0.15, -0.1) is 0 Å². The van der Waals surface area contributed by atoms with E-state index in [1.165, 1.54) is 0 Å². The number of nitrogens with zero attached hydrogens (tertiary/aromatic N) is 2. The lowest BCUT2D eigenvalue weighted by Gasteiger charge is -2.30. The average molecular weight is 367 g/mol. The molecule has 1 aromatic carbocycles. The molecule has 3 rings (SSSR count). The highest BCUT2D eigenvalue weighted by Crippen LogP contribution is 2.24. The molecule has 0 radical (unpaired) electrons. The van der Waals surface area contributed by atoms with Crippen LogP contribution in [0.2, 0.25) is 0 Å². The number of imide groups is 1. The first kappa shape index (κ1) is 18.7. The number of piperidine rings is 1. The van der Waals surface area contributed by atoms with E-state index >= 15 is 0 Å². The van der Waals surface area contributed by atoms with Crippen LogP contribution in [0.15, 0.2) is 36.4 Å². The van der Waals surface area contributed by atoms with Gasteiger partial charge in [-0.3, -0.25) is 24.6 Å². The maximum atomic E-state index is 12.1. The van der Waals surface area contributed by atoms with E-state index in [2.05, 4.69) is 10.3 Å². The third-order valence-electron chi connectivity index (χ3n) is 4.66. The number of ether oxygens (including phenoxy) is 1. The van der Waals surface area contributed by atoms with E-state index in [-0.39, 0.29) is 11.8 Å². The predicted octanol–water partition coefficient (Wildman–Crippen LogP) is 1.81. The fraction of sp³-hybridized carbons (Fsp3) is 0.300. The number of pyridine rings is 1. The fourth-order valence-corrected chi connectivity index (χ4v) is 3.19. The smallest absolute Gasteiger partial charge is 0.243 e. The van der Waals surface area contributed by atoms with Gasteiger partial charge in [0.05, 0.1) is 18.8 Å². The summed E-state index contributed by atoms with van der Waals surface area (Å²) in [7, 11) is 3.37. The maximum absolute atomic E-state index is 12.1. The summed E-state index contributed by atoms with van der Waals surface area (Å²) in [6.07, 6.45) is 1.58. The summed E-state index contributed by atoms with van der Waals surface area (Å²) >= 11 is 0. The van der Waals surface area contributed by atoms with Gasteiger partial charge >= 0.3 is 0 Å². The van der Waals surface area contributed by atoms with Crippen LogP contribution in [-0.2, 0) is 16.1 Å². The van der Waals surface area contributed by atoms with Gasteiger partial charge in [0, 0.05) is 30.2 Å². The molecule has 2 amide bonds. The maximum Gasteiger partial charge on any atom is 0.243 e. The average Bonchev–Trinajstić information content (AvgIpc) is 2.67. The van der Waals surface area contributed by atoms with E-state index in [0.29, 0.717) is 30.8 Å². The van der Waals surface area contributed by atoms with Crippen molar-refractivity contribution in [1.82, 2.24) is 15.2 Å². The highest BCUT2D eigenvalue weighted by Gasteiger charge is 2.30. The number of amides is 2. The Morgan fingerprint density at radius 1 is 1.30 bits per heavy atom. The molecule has 27 heavy (non-hydrogen) atoms. The lowest BCUT2D eigenvalue weighted by Crippen LogP contribution is -2.51. The SMILES string of the molecule is COc1cccc(-c2ccc(C=O)c(CN(C)C3CCC(=O)NC3=O)c2)n1. The predicted molar refractivity (Wildman–Crippen MR) is 99.3 cm³/mol. The molecule has 1 atom stereocenters. The number of hydrogen-bond acceptors (Lipinski definition) is 6. The van der Waals surface area contributed by atoms with Crippen LogP contribution >= 0.6 is 0 Å². The summed E-state index contributed by atoms with van der Waals surface area (Å²) in [6.45, 7) is 0.401. The lowest BCUT2D eigenvalue weighted by atomic mass is 10.00. The van der Waals surface area contributed by atoms with Crippen molar-refractivity contribution in [2.24, 2.45) is 0 Å². The molecule has 1 aliphatic rings. The Labute approximate surface area is 157 Å². The van der Waals surface area contributed by atoms with E-state index < -0.39 is 6.04 Å². The van der Waals surface area contributed by atoms with Gasteiger partial charge in [-0.25, -0.2) is 4.98 Å². The zero-order valence-electron chi connectivity index (χ0n) is 15.3. The number of aromatic nitrogens is 1. The van der Waals surface area contributed by atoms with Crippen molar-refractivity contribution in [2.75, 3.05) is 14.2 Å². The van der Waals surface area contributed by atoms with Crippen LogP contribution in [0.1, 0.15) is 28.8 Å². The molecule has 0 saturated carbocycles. The summed E-state index contributed by atoms with van der Waals surface area (Å²) in [5, 5.41) is 2.36. The number of carbonyl (C=O) groups is 3. The Hall–Kier alpha value is -3.06. The standard InChI is InChI=1S/C20H21N3O4/c1-23(17-8-9-18(25)22-20(17)26)11-15-10-13(6-7-14(15)12-24)16-4-3-5-19(21-16)27-2/h3-7,10,12,17H,8-9,11H2,1-2H3,(H,22,25,26). The number of likely N-dealkylation sites (N-methyl/N-ethyl adjacent to an activating group) is 1. The number of hydrogen-bond donors (Lipinski definition) is 1. The van der Waals surface area contributed by atoms with E-state index in [0.717, 1.165) is 23.1 Å². The Kier molecular flexibility index (Phi) is 5.61. The molecule has 7 nitrogen and oxygen atoms in total. The molecule has 2 heterocycles. The Bertz CT molecular complexity index is 881. The number of methoxy groups -OCH3 is 1. The highest BCUT2D eigenvalue weighted by molar-refractivity contribution is 6.00. The van der Waals surface area contributed by atoms with Gasteiger partial charge in [-0.2, -0.15) is 0 Å². The third-order valence-corrected chi connectivity index (χ3v) is 4.66. The number of benzene rings is 1. The van der Waals surface area contributed by atoms with Gasteiger partial charge in [-0.1, -0.05) is 18.2 Å². The van der Waals surface area contributed by atoms with E-state index in [1.54, 1.807) is 19.2 Å². The molecular formula is C20H21N3O4. The Morgan fingerprint density at radius 3 is 2.81 bits per heavy atom. The topological polar surface area (TPSA) is 88.6 Å². The van der Waals surface area contributed by atoms with Crippen LogP contribution in [0.4, 0.5) is 0 Å². The molecule has 2 aromatic rings. The van der Waals surface area contributed by atoms with Crippen LogP contribution in [0.25, 0.3) is 11.3 Å². The van der Waals surface area contributed by atoms with Crippen molar-refractivity contribution in [3.8, 4) is 17.1 Å². The van der Waals surface area contributed by atoms with Crippen molar-refractivity contribution < 1.29 is 19.1 Å². The van der Waals surface area contributed by atoms with Crippen LogP contribution < -0.4 is 10.1 Å². The third kappa shape index (κ3) is 4.20. The van der Waals surface area contributed by atoms with Crippen molar-refractivity contribution >= 4 is 18.1 Å². The summed E-state index contributed by atoms with van der Waals surface area (Å²) < 4.78 is 5.17. The molecule has 0 bridgehead atoms. The minimum Gasteiger partial charge on any atom is -0.481 e. The summed E-state index contributed by atoms with van der Waals surface area (Å²) in [6, 6.07) is 10.6. The van der Waals surface area contributed by atoms with E-state index in [1.807, 2.05) is 36.2 Å². The number of aldehydes is 1. The monoisotopic (exact) mass is 367 g/mol. The second kappa shape index (κ2) is 8.09. The highest BCUT2D eigenvalue weighted by atomic mass is 16.5. The summed E-state index contributed by atoms with van der Waals surface area (Å²) in [4.78, 5) is 41.2. The van der Waals surface area contributed by atoms with Crippen molar-refractivity contribution in [3.63, 3.8) is 0 Å². The van der Waals surface area contributed by atoms with Crippen LogP contribution in [0, 0.1) is 0 Å². The van der Waals surface area contributed by atoms with Crippen LogP contribution in [0.5, 0.6) is 5.88 Å². The Balaban J connectivity index is 1.86. The lowest BCUT2D eigenvalue weighted by molar-refractivity contribution is -0.137. The Morgan fingerprint density at radius 2 is 2.11 bits per heavy atom. The van der Waals surface area contributed by atoms with Gasteiger partial charge in [0.1, 0.15) is 6.29 Å². The van der Waals surface area contributed by atoms with Crippen LogP contribution in [-0.4, -0.2) is 48.2 Å². The zero-order chi connectivity index (χ0) is 19.4. The van der Waals surface area contributed by atoms with Crippen molar-refractivity contribution in [1.29, 1.82) is 0 Å². The molecule has 140 valence electrons. The van der Waals surface area contributed by atoms with Crippen LogP contribution in [0.3, 0.4) is 0 Å². The minimum absolute atomic E-state index is 0.246. The largest absolute Gasteiger partial charge is 0.481 e. The van der Waals surface area contributed by atoms with E-state index in [9.17, 15) is 14.4 Å². The minimum atomic E-state index is -0.402. The second-order valence-electron chi connectivity index (χ2n) is 6.48.